The quantitative estimate of drug-likeness (QED) is 0.498. The van der Waals surface area contributed by atoms with Gasteiger partial charge in [0, 0.05) is 18.4 Å². The standard InChI is InChI=1S/C11H23N3/c1-8-4-6-10(12)11(14(3)13)7-5-9(8)2/h8-9H,4-7,12-13H2,1-3H3/b11-10-. The second-order valence-electron chi connectivity index (χ2n) is 4.61. The van der Waals surface area contributed by atoms with Crippen LogP contribution in [-0.4, -0.2) is 12.1 Å². The van der Waals surface area contributed by atoms with E-state index in [1.807, 2.05) is 7.05 Å². The van der Waals surface area contributed by atoms with Crippen LogP contribution in [-0.2, 0) is 0 Å². The van der Waals surface area contributed by atoms with E-state index in [-0.39, 0.29) is 0 Å². The first kappa shape index (κ1) is 11.4. The molecule has 0 heterocycles. The fourth-order valence-electron chi connectivity index (χ4n) is 2.02. The van der Waals surface area contributed by atoms with Crippen molar-refractivity contribution in [2.24, 2.45) is 23.4 Å². The van der Waals surface area contributed by atoms with Crippen LogP contribution in [0.4, 0.5) is 0 Å². The summed E-state index contributed by atoms with van der Waals surface area (Å²) in [7, 11) is 1.87. The van der Waals surface area contributed by atoms with Gasteiger partial charge in [-0.05, 0) is 37.5 Å². The van der Waals surface area contributed by atoms with E-state index in [1.165, 1.54) is 12.8 Å². The van der Waals surface area contributed by atoms with Gasteiger partial charge in [0.2, 0.25) is 0 Å². The lowest BCUT2D eigenvalue weighted by Crippen LogP contribution is -2.30. The Morgan fingerprint density at radius 1 is 1.14 bits per heavy atom. The van der Waals surface area contributed by atoms with E-state index in [9.17, 15) is 0 Å². The third-order valence-electron chi connectivity index (χ3n) is 3.47. The highest BCUT2D eigenvalue weighted by Crippen LogP contribution is 2.28. The van der Waals surface area contributed by atoms with E-state index in [2.05, 4.69) is 13.8 Å². The second-order valence-corrected chi connectivity index (χ2v) is 4.61. The summed E-state index contributed by atoms with van der Waals surface area (Å²) in [4.78, 5) is 0. The lowest BCUT2D eigenvalue weighted by Gasteiger charge is -2.27. The van der Waals surface area contributed by atoms with Crippen LogP contribution in [0.1, 0.15) is 39.5 Å². The van der Waals surface area contributed by atoms with Crippen molar-refractivity contribution < 1.29 is 0 Å². The zero-order valence-corrected chi connectivity index (χ0v) is 9.59. The zero-order chi connectivity index (χ0) is 10.7. The van der Waals surface area contributed by atoms with Crippen molar-refractivity contribution in [2.75, 3.05) is 7.05 Å². The molecule has 0 radical (unpaired) electrons. The summed E-state index contributed by atoms with van der Waals surface area (Å²) in [6.45, 7) is 4.63. The van der Waals surface area contributed by atoms with Crippen LogP contribution in [0.5, 0.6) is 0 Å². The number of hydrogen-bond donors (Lipinski definition) is 2. The molecule has 1 rings (SSSR count). The molecule has 4 N–H and O–H groups in total. The van der Waals surface area contributed by atoms with Crippen molar-refractivity contribution in [1.29, 1.82) is 0 Å². The predicted molar refractivity (Wildman–Crippen MR) is 60.0 cm³/mol. The maximum absolute atomic E-state index is 6.01. The van der Waals surface area contributed by atoms with Crippen molar-refractivity contribution in [3.63, 3.8) is 0 Å². The predicted octanol–water partition coefficient (Wildman–Crippen LogP) is 1.81. The molecule has 0 fully saturated rings. The third kappa shape index (κ3) is 2.64. The highest BCUT2D eigenvalue weighted by atomic mass is 15.4. The van der Waals surface area contributed by atoms with Gasteiger partial charge in [0.1, 0.15) is 0 Å². The van der Waals surface area contributed by atoms with Crippen molar-refractivity contribution >= 4 is 0 Å². The van der Waals surface area contributed by atoms with Gasteiger partial charge < -0.3 is 10.7 Å². The molecular weight excluding hydrogens is 174 g/mol. The van der Waals surface area contributed by atoms with E-state index >= 15 is 0 Å². The topological polar surface area (TPSA) is 55.3 Å². The molecule has 0 aliphatic heterocycles. The first-order chi connectivity index (χ1) is 6.52. The summed E-state index contributed by atoms with van der Waals surface area (Å²) >= 11 is 0. The Balaban J connectivity index is 2.74. The van der Waals surface area contributed by atoms with Gasteiger partial charge >= 0.3 is 0 Å². The molecule has 2 atom stereocenters. The van der Waals surface area contributed by atoms with Crippen LogP contribution >= 0.6 is 0 Å². The molecule has 14 heavy (non-hydrogen) atoms. The monoisotopic (exact) mass is 197 g/mol. The molecule has 2 unspecified atom stereocenters. The van der Waals surface area contributed by atoms with Gasteiger partial charge in [-0.1, -0.05) is 13.8 Å². The molecule has 0 aromatic rings. The fraction of sp³-hybridized carbons (Fsp3) is 0.818. The molecule has 0 amide bonds. The molecule has 3 heteroatoms. The lowest BCUT2D eigenvalue weighted by molar-refractivity contribution is 0.308. The molecule has 0 saturated carbocycles. The maximum Gasteiger partial charge on any atom is 0.0475 e. The summed E-state index contributed by atoms with van der Waals surface area (Å²) in [5.41, 5.74) is 8.12. The second kappa shape index (κ2) is 4.69. The summed E-state index contributed by atoms with van der Waals surface area (Å²) in [5.74, 6) is 7.31. The number of nitrogens with zero attached hydrogens (tertiary/aromatic N) is 1. The molecule has 0 bridgehead atoms. The first-order valence-corrected chi connectivity index (χ1v) is 5.48. The summed E-state index contributed by atoms with van der Waals surface area (Å²) in [6.07, 6.45) is 4.38. The molecule has 0 saturated heterocycles. The van der Waals surface area contributed by atoms with Crippen molar-refractivity contribution in [3.8, 4) is 0 Å². The normalized spacial score (nSPS) is 34.9. The van der Waals surface area contributed by atoms with Gasteiger partial charge in [0.15, 0.2) is 0 Å². The zero-order valence-electron chi connectivity index (χ0n) is 9.59. The van der Waals surface area contributed by atoms with Crippen LogP contribution in [0.15, 0.2) is 11.4 Å². The summed E-state index contributed by atoms with van der Waals surface area (Å²) in [6, 6.07) is 0. The Morgan fingerprint density at radius 3 is 2.14 bits per heavy atom. The SMILES string of the molecule is CC1CC/C(N)=C(/N(C)N)CCC1C. The Bertz CT molecular complexity index is 221. The Labute approximate surface area is 87.1 Å². The minimum atomic E-state index is 0.776. The van der Waals surface area contributed by atoms with Crippen molar-refractivity contribution in [1.82, 2.24) is 5.01 Å². The van der Waals surface area contributed by atoms with Crippen LogP contribution in [0, 0.1) is 11.8 Å². The highest BCUT2D eigenvalue weighted by Gasteiger charge is 2.18. The van der Waals surface area contributed by atoms with Crippen LogP contribution < -0.4 is 11.6 Å². The maximum atomic E-state index is 6.01. The molecule has 0 aromatic carbocycles. The minimum Gasteiger partial charge on any atom is -0.401 e. The molecule has 82 valence electrons. The molecule has 0 aromatic heterocycles. The van der Waals surface area contributed by atoms with E-state index in [0.717, 1.165) is 36.1 Å². The van der Waals surface area contributed by atoms with Crippen molar-refractivity contribution in [3.05, 3.63) is 11.4 Å². The average Bonchev–Trinajstić information content (AvgIpc) is 2.11. The van der Waals surface area contributed by atoms with Gasteiger partial charge in [-0.25, -0.2) is 5.84 Å². The summed E-state index contributed by atoms with van der Waals surface area (Å²) < 4.78 is 0. The Kier molecular flexibility index (Phi) is 3.81. The van der Waals surface area contributed by atoms with Gasteiger partial charge in [-0.2, -0.15) is 0 Å². The van der Waals surface area contributed by atoms with E-state index in [0.29, 0.717) is 0 Å². The first-order valence-electron chi connectivity index (χ1n) is 5.48. The van der Waals surface area contributed by atoms with E-state index in [1.54, 1.807) is 5.01 Å². The number of nitrogens with two attached hydrogens (primary N) is 2. The van der Waals surface area contributed by atoms with E-state index < -0.39 is 0 Å². The fourth-order valence-corrected chi connectivity index (χ4v) is 2.02. The number of rotatable bonds is 1. The highest BCUT2D eigenvalue weighted by molar-refractivity contribution is 5.10. The van der Waals surface area contributed by atoms with Gasteiger partial charge in [-0.15, -0.1) is 0 Å². The smallest absolute Gasteiger partial charge is 0.0475 e. The third-order valence-corrected chi connectivity index (χ3v) is 3.47. The van der Waals surface area contributed by atoms with E-state index in [4.69, 9.17) is 11.6 Å². The number of hydrogen-bond acceptors (Lipinski definition) is 3. The van der Waals surface area contributed by atoms with Gasteiger partial charge in [-0.3, -0.25) is 0 Å². The summed E-state index contributed by atoms with van der Waals surface area (Å²) in [5, 5.41) is 1.68. The molecular formula is C11H23N3. The van der Waals surface area contributed by atoms with Crippen LogP contribution in [0.25, 0.3) is 0 Å². The molecule has 1 aliphatic rings. The largest absolute Gasteiger partial charge is 0.401 e. The number of hydrazine groups is 1. The minimum absolute atomic E-state index is 0.776. The molecule has 3 nitrogen and oxygen atoms in total. The average molecular weight is 197 g/mol. The van der Waals surface area contributed by atoms with Gasteiger partial charge in [0.05, 0.1) is 0 Å². The van der Waals surface area contributed by atoms with Crippen molar-refractivity contribution in [2.45, 2.75) is 39.5 Å². The van der Waals surface area contributed by atoms with Crippen LogP contribution in [0.3, 0.4) is 0 Å². The molecule has 0 spiro atoms. The van der Waals surface area contributed by atoms with Gasteiger partial charge in [0.25, 0.3) is 0 Å². The Morgan fingerprint density at radius 2 is 1.64 bits per heavy atom. The Hall–Kier alpha value is -0.700. The lowest BCUT2D eigenvalue weighted by atomic mass is 9.84. The molecule has 1 aliphatic carbocycles. The number of allylic oxidation sites excluding steroid dienone is 2. The van der Waals surface area contributed by atoms with Crippen LogP contribution in [0.2, 0.25) is 0 Å².